The van der Waals surface area contributed by atoms with E-state index in [-0.39, 0.29) is 38.8 Å². The van der Waals surface area contributed by atoms with Crippen LogP contribution in [0.1, 0.15) is 15.9 Å². The first-order valence-electron chi connectivity index (χ1n) is 9.78. The molecule has 2 aromatic rings. The standard InChI is InChI=1S/C22H28F2O5SeSi/c1-26-15-28-19-13-17(29-22(23)24)12-16(14-30-18-8-6-5-7-9-18)20(19)21(25)27-10-11-31(2,3)4/h5-9,12-13,22H,10-11,14-15H2,1-4H3. The third-order valence-electron chi connectivity index (χ3n) is 4.14. The molecule has 0 spiro atoms. The molecule has 0 amide bonds. The van der Waals surface area contributed by atoms with Crippen molar-refractivity contribution in [2.75, 3.05) is 20.5 Å². The Hall–Kier alpha value is -1.93. The van der Waals surface area contributed by atoms with Crippen LogP contribution in [0.25, 0.3) is 0 Å². The average molecular weight is 518 g/mol. The molecule has 5 nitrogen and oxygen atoms in total. The van der Waals surface area contributed by atoms with E-state index in [0.29, 0.717) is 17.5 Å². The van der Waals surface area contributed by atoms with Gasteiger partial charge >= 0.3 is 189 Å². The summed E-state index contributed by atoms with van der Waals surface area (Å²) in [7, 11) is 0.0469. The zero-order chi connectivity index (χ0) is 22.9. The molecule has 0 bridgehead atoms. The molecule has 0 aliphatic carbocycles. The van der Waals surface area contributed by atoms with Gasteiger partial charge in [-0.25, -0.2) is 0 Å². The summed E-state index contributed by atoms with van der Waals surface area (Å²) in [4.78, 5) is 13.0. The molecule has 0 unspecified atom stereocenters. The third kappa shape index (κ3) is 8.99. The van der Waals surface area contributed by atoms with Gasteiger partial charge in [0.1, 0.15) is 0 Å². The van der Waals surface area contributed by atoms with Gasteiger partial charge in [0, 0.05) is 0 Å². The Bertz CT molecular complexity index is 844. The van der Waals surface area contributed by atoms with Gasteiger partial charge in [0.25, 0.3) is 0 Å². The molecular formula is C22H28F2O5SeSi. The van der Waals surface area contributed by atoms with Crippen molar-refractivity contribution in [3.63, 3.8) is 0 Å². The normalized spacial score (nSPS) is 11.5. The molecule has 0 saturated heterocycles. The van der Waals surface area contributed by atoms with E-state index < -0.39 is 20.7 Å². The third-order valence-corrected chi connectivity index (χ3v) is 8.07. The number of hydrogen-bond donors (Lipinski definition) is 0. The molecule has 0 aliphatic heterocycles. The number of carbonyl (C=O) groups is 1. The fraction of sp³-hybridized carbons (Fsp3) is 0.409. The Morgan fingerprint density at radius 2 is 1.84 bits per heavy atom. The molecule has 9 heteroatoms. The van der Waals surface area contributed by atoms with Crippen LogP contribution < -0.4 is 13.9 Å². The van der Waals surface area contributed by atoms with Crippen LogP contribution in [0, 0.1) is 0 Å². The molecule has 0 aliphatic rings. The van der Waals surface area contributed by atoms with Gasteiger partial charge < -0.3 is 0 Å². The molecule has 0 fully saturated rings. The van der Waals surface area contributed by atoms with E-state index >= 15 is 0 Å². The summed E-state index contributed by atoms with van der Waals surface area (Å²) in [6, 6.07) is 13.3. The summed E-state index contributed by atoms with van der Waals surface area (Å²) in [5, 5.41) is 0.485. The second-order valence-corrected chi connectivity index (χ2v) is 15.8. The zero-order valence-corrected chi connectivity index (χ0v) is 20.9. The number of rotatable bonds is 12. The summed E-state index contributed by atoms with van der Waals surface area (Å²) < 4.78 is 47.4. The Labute approximate surface area is 189 Å². The van der Waals surface area contributed by atoms with Gasteiger partial charge in [0.05, 0.1) is 0 Å². The number of methoxy groups -OCH3 is 1. The molecule has 0 heterocycles. The van der Waals surface area contributed by atoms with Crippen molar-refractivity contribution < 1.29 is 32.5 Å². The first-order chi connectivity index (χ1) is 14.7. The minimum absolute atomic E-state index is 0.0312. The predicted molar refractivity (Wildman–Crippen MR) is 120 cm³/mol. The SMILES string of the molecule is COCOc1cc(OC(F)F)cc(C[Se]c2ccccc2)c1C(=O)OCC[Si](C)(C)C. The summed E-state index contributed by atoms with van der Waals surface area (Å²) in [5.74, 6) is -0.498. The average Bonchev–Trinajstić information content (AvgIpc) is 2.69. The van der Waals surface area contributed by atoms with Crippen molar-refractivity contribution in [2.45, 2.75) is 37.6 Å². The summed E-state index contributed by atoms with van der Waals surface area (Å²) in [5.41, 5.74) is 0.776. The molecule has 0 aromatic heterocycles. The molecule has 31 heavy (non-hydrogen) atoms. The summed E-state index contributed by atoms with van der Waals surface area (Å²) >= 11 is -0.0312. The van der Waals surface area contributed by atoms with Crippen molar-refractivity contribution in [1.29, 1.82) is 0 Å². The maximum absolute atomic E-state index is 13.0. The van der Waals surface area contributed by atoms with Gasteiger partial charge in [0.15, 0.2) is 0 Å². The zero-order valence-electron chi connectivity index (χ0n) is 18.2. The molecular weight excluding hydrogens is 489 g/mol. The van der Waals surface area contributed by atoms with Crippen molar-refractivity contribution in [1.82, 2.24) is 0 Å². The maximum atomic E-state index is 13.0. The van der Waals surface area contributed by atoms with Crippen LogP contribution in [0.2, 0.25) is 25.7 Å². The fourth-order valence-corrected chi connectivity index (χ4v) is 5.20. The number of benzene rings is 2. The number of ether oxygens (including phenoxy) is 4. The summed E-state index contributed by atoms with van der Waals surface area (Å²) in [6.45, 7) is 3.75. The van der Waals surface area contributed by atoms with Crippen LogP contribution in [0.3, 0.4) is 0 Å². The molecule has 0 saturated carbocycles. The predicted octanol–water partition coefficient (Wildman–Crippen LogP) is 4.30. The van der Waals surface area contributed by atoms with Crippen molar-refractivity contribution in [3.05, 3.63) is 53.6 Å². The number of carbonyl (C=O) groups excluding carboxylic acids is 1. The van der Waals surface area contributed by atoms with Crippen LogP contribution in [-0.4, -0.2) is 56.1 Å². The van der Waals surface area contributed by atoms with Crippen molar-refractivity contribution in [2.24, 2.45) is 0 Å². The van der Waals surface area contributed by atoms with Crippen molar-refractivity contribution >= 4 is 33.5 Å². The van der Waals surface area contributed by atoms with Crippen LogP contribution in [0.15, 0.2) is 42.5 Å². The van der Waals surface area contributed by atoms with Crippen LogP contribution in [0.4, 0.5) is 8.78 Å². The van der Waals surface area contributed by atoms with E-state index in [2.05, 4.69) is 24.4 Å². The minimum atomic E-state index is -2.99. The van der Waals surface area contributed by atoms with Crippen LogP contribution in [-0.2, 0) is 14.8 Å². The second-order valence-electron chi connectivity index (χ2n) is 7.93. The van der Waals surface area contributed by atoms with E-state index in [1.165, 1.54) is 19.2 Å². The first-order valence-corrected chi connectivity index (χ1v) is 15.6. The molecule has 0 N–H and O–H groups in total. The molecule has 2 rings (SSSR count). The molecule has 0 atom stereocenters. The van der Waals surface area contributed by atoms with Gasteiger partial charge in [0.2, 0.25) is 0 Å². The Kier molecular flexibility index (Phi) is 9.96. The first kappa shape index (κ1) is 25.3. The quantitative estimate of drug-likeness (QED) is 0.239. The number of alkyl halides is 2. The number of esters is 1. The van der Waals surface area contributed by atoms with Gasteiger partial charge in [-0.3, -0.25) is 0 Å². The van der Waals surface area contributed by atoms with Gasteiger partial charge in [-0.15, -0.1) is 0 Å². The van der Waals surface area contributed by atoms with Gasteiger partial charge in [-0.1, -0.05) is 0 Å². The van der Waals surface area contributed by atoms with E-state index in [0.717, 1.165) is 10.5 Å². The van der Waals surface area contributed by atoms with Crippen molar-refractivity contribution in [3.8, 4) is 11.5 Å². The fourth-order valence-electron chi connectivity index (χ4n) is 2.60. The number of halogens is 2. The van der Waals surface area contributed by atoms with E-state index in [1.807, 2.05) is 30.3 Å². The van der Waals surface area contributed by atoms with Gasteiger partial charge in [-0.2, -0.15) is 0 Å². The topological polar surface area (TPSA) is 54.0 Å². The Morgan fingerprint density at radius 1 is 1.13 bits per heavy atom. The second kappa shape index (κ2) is 12.2. The molecule has 0 radical (unpaired) electrons. The van der Waals surface area contributed by atoms with E-state index in [1.54, 1.807) is 0 Å². The summed E-state index contributed by atoms with van der Waals surface area (Å²) in [6.07, 6.45) is 0. The van der Waals surface area contributed by atoms with Crippen LogP contribution >= 0.6 is 0 Å². The van der Waals surface area contributed by atoms with E-state index in [4.69, 9.17) is 14.2 Å². The Morgan fingerprint density at radius 3 is 2.45 bits per heavy atom. The monoisotopic (exact) mass is 518 g/mol. The Balaban J connectivity index is 2.36. The number of hydrogen-bond acceptors (Lipinski definition) is 5. The van der Waals surface area contributed by atoms with Gasteiger partial charge in [-0.05, 0) is 0 Å². The molecule has 170 valence electrons. The molecule has 2 aromatic carbocycles. The van der Waals surface area contributed by atoms with Crippen LogP contribution in [0.5, 0.6) is 11.5 Å². The van der Waals surface area contributed by atoms with E-state index in [9.17, 15) is 13.6 Å².